The largest absolute Gasteiger partial charge is 0.506 e. The molecule has 0 fully saturated rings. The first-order valence-electron chi connectivity index (χ1n) is 6.35. The Morgan fingerprint density at radius 3 is 2.68 bits per heavy atom. The van der Waals surface area contributed by atoms with E-state index in [-0.39, 0.29) is 16.0 Å². The first-order valence-corrected chi connectivity index (χ1v) is 7.93. The van der Waals surface area contributed by atoms with Gasteiger partial charge in [0.05, 0.1) is 15.7 Å². The number of hydrogen-bond donors (Lipinski definition) is 2. The lowest BCUT2D eigenvalue weighted by molar-refractivity contribution is 0.442. The molecule has 0 unspecified atom stereocenters. The summed E-state index contributed by atoms with van der Waals surface area (Å²) in [6.07, 6.45) is 3.29. The lowest BCUT2D eigenvalue weighted by atomic mass is 10.2. The third kappa shape index (κ3) is 2.84. The Bertz CT molecular complexity index is 895. The second-order valence-electron chi connectivity index (χ2n) is 4.60. The van der Waals surface area contributed by atoms with Gasteiger partial charge in [0.1, 0.15) is 16.0 Å². The Kier molecular flexibility index (Phi) is 4.13. The second kappa shape index (κ2) is 6.06. The Morgan fingerprint density at radius 1 is 1.05 bits per heavy atom. The maximum absolute atomic E-state index is 10.0. The monoisotopic (exact) mass is 420 g/mol. The molecule has 4 nitrogen and oxygen atoms in total. The fourth-order valence-electron chi connectivity index (χ4n) is 2.00. The van der Waals surface area contributed by atoms with E-state index in [1.54, 1.807) is 18.5 Å². The van der Waals surface area contributed by atoms with Gasteiger partial charge in [-0.3, -0.25) is 9.98 Å². The quantitative estimate of drug-likeness (QED) is 0.577. The zero-order valence-corrected chi connectivity index (χ0v) is 14.3. The summed E-state index contributed by atoms with van der Waals surface area (Å²) in [6, 6.07) is 11.1. The summed E-state index contributed by atoms with van der Waals surface area (Å²) in [5.74, 6) is -0.113. The maximum atomic E-state index is 10.0. The number of benzene rings is 2. The van der Waals surface area contributed by atoms with E-state index < -0.39 is 0 Å². The van der Waals surface area contributed by atoms with Crippen LogP contribution in [0.5, 0.6) is 11.5 Å². The number of pyridine rings is 1. The number of phenolic OH excluding ortho intramolecular Hbond substituents is 2. The summed E-state index contributed by atoms with van der Waals surface area (Å²) >= 11 is 6.37. The van der Waals surface area contributed by atoms with Crippen LogP contribution in [0, 0.1) is 0 Å². The molecule has 3 aromatic rings. The van der Waals surface area contributed by atoms with E-state index >= 15 is 0 Å². The molecule has 0 aliphatic heterocycles. The normalized spacial score (nSPS) is 11.4. The molecule has 0 aliphatic carbocycles. The highest BCUT2D eigenvalue weighted by Gasteiger charge is 2.12. The standard InChI is InChI=1S/C16H10Br2N2O2/c17-12-7-10(15(21)14(18)16(12)22)8-20-11-3-4-13-9(6-11)2-1-5-19-13/h1-8,21-22H. The molecule has 0 saturated heterocycles. The Labute approximate surface area is 143 Å². The van der Waals surface area contributed by atoms with E-state index in [0.717, 1.165) is 16.6 Å². The molecule has 110 valence electrons. The number of phenols is 2. The number of aromatic hydroxyl groups is 2. The van der Waals surface area contributed by atoms with E-state index in [0.29, 0.717) is 10.0 Å². The molecule has 1 aromatic heterocycles. The van der Waals surface area contributed by atoms with Gasteiger partial charge >= 0.3 is 0 Å². The van der Waals surface area contributed by atoms with Crippen LogP contribution < -0.4 is 0 Å². The number of nitrogens with zero attached hydrogens (tertiary/aromatic N) is 2. The predicted octanol–water partition coefficient (Wildman–Crippen LogP) is 4.92. The van der Waals surface area contributed by atoms with E-state index in [1.165, 1.54) is 0 Å². The molecule has 22 heavy (non-hydrogen) atoms. The van der Waals surface area contributed by atoms with Crippen molar-refractivity contribution in [3.63, 3.8) is 0 Å². The van der Waals surface area contributed by atoms with E-state index in [2.05, 4.69) is 41.8 Å². The summed E-state index contributed by atoms with van der Waals surface area (Å²) in [6.45, 7) is 0. The lowest BCUT2D eigenvalue weighted by Gasteiger charge is -2.06. The highest BCUT2D eigenvalue weighted by molar-refractivity contribution is 9.11. The second-order valence-corrected chi connectivity index (χ2v) is 6.24. The van der Waals surface area contributed by atoms with Crippen molar-refractivity contribution in [1.29, 1.82) is 0 Å². The van der Waals surface area contributed by atoms with Crippen molar-refractivity contribution in [2.45, 2.75) is 0 Å². The summed E-state index contributed by atoms with van der Waals surface area (Å²) in [4.78, 5) is 8.62. The van der Waals surface area contributed by atoms with Gasteiger partial charge in [0.2, 0.25) is 0 Å². The van der Waals surface area contributed by atoms with Crippen molar-refractivity contribution in [2.24, 2.45) is 4.99 Å². The van der Waals surface area contributed by atoms with Gasteiger partial charge in [0, 0.05) is 23.4 Å². The highest BCUT2D eigenvalue weighted by atomic mass is 79.9. The van der Waals surface area contributed by atoms with E-state index in [1.807, 2.05) is 30.3 Å². The Balaban J connectivity index is 1.99. The summed E-state index contributed by atoms with van der Waals surface area (Å²) in [5.41, 5.74) is 2.14. The summed E-state index contributed by atoms with van der Waals surface area (Å²) in [5, 5.41) is 20.7. The number of fused-ring (bicyclic) bond motifs is 1. The van der Waals surface area contributed by atoms with Crippen molar-refractivity contribution in [1.82, 2.24) is 4.98 Å². The molecule has 0 atom stereocenters. The fourth-order valence-corrected chi connectivity index (χ4v) is 3.16. The zero-order valence-electron chi connectivity index (χ0n) is 11.2. The molecule has 1 heterocycles. The van der Waals surface area contributed by atoms with Gasteiger partial charge < -0.3 is 10.2 Å². The van der Waals surface area contributed by atoms with Gasteiger partial charge in [0.25, 0.3) is 0 Å². The Hall–Kier alpha value is -1.92. The van der Waals surface area contributed by atoms with Crippen molar-refractivity contribution in [3.05, 3.63) is 57.1 Å². The average molecular weight is 422 g/mol. The van der Waals surface area contributed by atoms with Crippen LogP contribution >= 0.6 is 31.9 Å². The van der Waals surface area contributed by atoms with E-state index in [9.17, 15) is 10.2 Å². The Morgan fingerprint density at radius 2 is 1.86 bits per heavy atom. The molecule has 6 heteroatoms. The number of aromatic nitrogens is 1. The van der Waals surface area contributed by atoms with Crippen LogP contribution in [0.4, 0.5) is 5.69 Å². The van der Waals surface area contributed by atoms with Crippen LogP contribution in [0.15, 0.2) is 56.5 Å². The maximum Gasteiger partial charge on any atom is 0.147 e. The molecule has 0 radical (unpaired) electrons. The van der Waals surface area contributed by atoms with Gasteiger partial charge in [-0.05, 0) is 62.2 Å². The molecule has 0 saturated carbocycles. The van der Waals surface area contributed by atoms with Gasteiger partial charge in [-0.1, -0.05) is 6.07 Å². The van der Waals surface area contributed by atoms with Crippen LogP contribution in [0.1, 0.15) is 5.56 Å². The van der Waals surface area contributed by atoms with Crippen molar-refractivity contribution in [2.75, 3.05) is 0 Å². The van der Waals surface area contributed by atoms with Gasteiger partial charge in [-0.2, -0.15) is 0 Å². The van der Waals surface area contributed by atoms with Crippen molar-refractivity contribution < 1.29 is 10.2 Å². The smallest absolute Gasteiger partial charge is 0.147 e. The topological polar surface area (TPSA) is 65.7 Å². The third-order valence-corrected chi connectivity index (χ3v) is 4.49. The van der Waals surface area contributed by atoms with E-state index in [4.69, 9.17) is 0 Å². The first kappa shape index (κ1) is 15.0. The number of aliphatic imine (C=N–C) groups is 1. The molecular weight excluding hydrogens is 412 g/mol. The molecule has 2 N–H and O–H groups in total. The zero-order chi connectivity index (χ0) is 15.7. The van der Waals surface area contributed by atoms with Gasteiger partial charge in [0.15, 0.2) is 0 Å². The summed E-state index contributed by atoms with van der Waals surface area (Å²) < 4.78 is 0.701. The van der Waals surface area contributed by atoms with Gasteiger partial charge in [-0.15, -0.1) is 0 Å². The predicted molar refractivity (Wildman–Crippen MR) is 94.2 cm³/mol. The van der Waals surface area contributed by atoms with Crippen LogP contribution in [0.25, 0.3) is 10.9 Å². The molecular formula is C16H10Br2N2O2. The molecule has 0 bridgehead atoms. The van der Waals surface area contributed by atoms with Crippen LogP contribution in [0.3, 0.4) is 0 Å². The van der Waals surface area contributed by atoms with Crippen LogP contribution in [0.2, 0.25) is 0 Å². The highest BCUT2D eigenvalue weighted by Crippen LogP contribution is 2.40. The number of hydrogen-bond acceptors (Lipinski definition) is 4. The number of halogens is 2. The van der Waals surface area contributed by atoms with Gasteiger partial charge in [-0.25, -0.2) is 0 Å². The first-order chi connectivity index (χ1) is 10.6. The molecule has 0 aliphatic rings. The average Bonchev–Trinajstić information content (AvgIpc) is 2.55. The van der Waals surface area contributed by atoms with Crippen LogP contribution in [-0.4, -0.2) is 21.4 Å². The SMILES string of the molecule is Oc1c(Br)cc(C=Nc2ccc3ncccc3c2)c(O)c1Br. The molecule has 3 rings (SSSR count). The molecule has 2 aromatic carbocycles. The van der Waals surface area contributed by atoms with Crippen LogP contribution in [-0.2, 0) is 0 Å². The minimum atomic E-state index is -0.0631. The number of rotatable bonds is 2. The molecule has 0 amide bonds. The minimum absolute atomic E-state index is 0.0496. The molecule has 0 spiro atoms. The van der Waals surface area contributed by atoms with Crippen molar-refractivity contribution >= 4 is 54.7 Å². The fraction of sp³-hybridized carbons (Fsp3) is 0. The summed E-state index contributed by atoms with van der Waals surface area (Å²) in [7, 11) is 0. The lowest BCUT2D eigenvalue weighted by Crippen LogP contribution is -1.86. The minimum Gasteiger partial charge on any atom is -0.506 e. The third-order valence-electron chi connectivity index (χ3n) is 3.14. The van der Waals surface area contributed by atoms with Crippen molar-refractivity contribution in [3.8, 4) is 11.5 Å².